The van der Waals surface area contributed by atoms with Crippen LogP contribution in [0.15, 0.2) is 61.1 Å². The van der Waals surface area contributed by atoms with Gasteiger partial charge in [0.15, 0.2) is 6.10 Å². The highest BCUT2D eigenvalue weighted by molar-refractivity contribution is 5.97. The molecule has 3 aromatic rings. The summed E-state index contributed by atoms with van der Waals surface area (Å²) in [5.41, 5.74) is -0.789. The molecule has 2 aliphatic carbocycles. The van der Waals surface area contributed by atoms with Crippen LogP contribution in [0, 0.1) is 17.3 Å². The molecule has 60 heavy (non-hydrogen) atoms. The molecule has 6 amide bonds. The minimum absolute atomic E-state index is 0.00416. The van der Waals surface area contributed by atoms with Gasteiger partial charge < -0.3 is 41.3 Å². The number of benzene rings is 2. The van der Waals surface area contributed by atoms with E-state index in [0.29, 0.717) is 31.4 Å². The Bertz CT molecular complexity index is 2010. The average molecular weight is 827 g/mol. The van der Waals surface area contributed by atoms with Crippen LogP contribution in [0.3, 0.4) is 0 Å². The highest BCUT2D eigenvalue weighted by atomic mass is 16.6. The lowest BCUT2D eigenvalue weighted by Gasteiger charge is -2.35. The number of likely N-dealkylation sites (tertiary alicyclic amines) is 1. The summed E-state index contributed by atoms with van der Waals surface area (Å²) in [6, 6.07) is 8.82. The number of nitrogens with zero attached hydrogens (tertiary/aromatic N) is 3. The normalized spacial score (nSPS) is 20.2. The summed E-state index contributed by atoms with van der Waals surface area (Å²) in [5, 5.41) is 27.0. The van der Waals surface area contributed by atoms with Crippen molar-refractivity contribution in [2.75, 3.05) is 13.1 Å². The molecule has 2 heterocycles. The molecule has 3 aliphatic rings. The third-order valence-electron chi connectivity index (χ3n) is 11.6. The van der Waals surface area contributed by atoms with Crippen LogP contribution in [-0.4, -0.2) is 105 Å². The van der Waals surface area contributed by atoms with Gasteiger partial charge in [0.2, 0.25) is 17.7 Å². The molecule has 16 nitrogen and oxygen atoms in total. The van der Waals surface area contributed by atoms with Crippen molar-refractivity contribution >= 4 is 46.4 Å². The van der Waals surface area contributed by atoms with Crippen LogP contribution in [0.1, 0.15) is 96.0 Å². The lowest BCUT2D eigenvalue weighted by Crippen LogP contribution is -2.61. The lowest BCUT2D eigenvalue weighted by atomic mass is 9.82. The first-order valence-electron chi connectivity index (χ1n) is 21.1. The number of amides is 6. The second-order valence-corrected chi connectivity index (χ2v) is 17.4. The van der Waals surface area contributed by atoms with E-state index >= 15 is 0 Å². The minimum atomic E-state index is -1.51. The van der Waals surface area contributed by atoms with E-state index in [0.717, 1.165) is 42.9 Å². The zero-order valence-corrected chi connectivity index (χ0v) is 34.8. The first kappa shape index (κ1) is 43.9. The molecule has 0 spiro atoms. The van der Waals surface area contributed by atoms with Crippen LogP contribution < -0.4 is 31.3 Å². The van der Waals surface area contributed by atoms with E-state index in [1.165, 1.54) is 23.5 Å². The van der Waals surface area contributed by atoms with E-state index in [9.17, 15) is 33.9 Å². The number of aromatic nitrogens is 2. The maximum Gasteiger partial charge on any atom is 0.415 e. The van der Waals surface area contributed by atoms with Gasteiger partial charge in [-0.1, -0.05) is 89.8 Å². The summed E-state index contributed by atoms with van der Waals surface area (Å²) < 4.78 is 5.88. The van der Waals surface area contributed by atoms with Crippen LogP contribution in [0.5, 0.6) is 5.75 Å². The van der Waals surface area contributed by atoms with Crippen LogP contribution in [0.25, 0.3) is 10.8 Å². The molecule has 2 saturated carbocycles. The smallest absolute Gasteiger partial charge is 0.410 e. The number of nitrogens with one attached hydrogen (secondary N) is 5. The third-order valence-corrected chi connectivity index (χ3v) is 11.6. The van der Waals surface area contributed by atoms with E-state index in [-0.39, 0.29) is 30.7 Å². The lowest BCUT2D eigenvalue weighted by molar-refractivity contribution is -0.135. The monoisotopic (exact) mass is 826 g/mol. The van der Waals surface area contributed by atoms with Crippen molar-refractivity contribution in [2.24, 2.45) is 17.3 Å². The van der Waals surface area contributed by atoms with Crippen LogP contribution in [0.4, 0.5) is 4.79 Å². The molecule has 0 bridgehead atoms. The average Bonchev–Trinajstić information content (AvgIpc) is 3.96. The summed E-state index contributed by atoms with van der Waals surface area (Å²) in [5.74, 6) is -3.70. The molecule has 3 fully saturated rings. The van der Waals surface area contributed by atoms with E-state index in [4.69, 9.17) is 4.74 Å². The number of aliphatic hydroxyl groups is 1. The Morgan fingerprint density at radius 2 is 1.58 bits per heavy atom. The Hall–Kier alpha value is -5.64. The maximum absolute atomic E-state index is 14.4. The molecule has 322 valence electrons. The largest absolute Gasteiger partial charge is 0.415 e. The zero-order valence-electron chi connectivity index (χ0n) is 34.8. The van der Waals surface area contributed by atoms with Crippen molar-refractivity contribution in [3.05, 3.63) is 66.7 Å². The summed E-state index contributed by atoms with van der Waals surface area (Å²) in [6.45, 7) is 6.99. The van der Waals surface area contributed by atoms with Crippen molar-refractivity contribution in [2.45, 2.75) is 122 Å². The zero-order chi connectivity index (χ0) is 43.0. The molecule has 1 aromatic heterocycles. The van der Waals surface area contributed by atoms with Crippen LogP contribution >= 0.6 is 0 Å². The van der Waals surface area contributed by atoms with Gasteiger partial charge in [-0.15, -0.1) is 0 Å². The molecule has 1 saturated heterocycles. The minimum Gasteiger partial charge on any atom is -0.410 e. The fourth-order valence-corrected chi connectivity index (χ4v) is 8.08. The second-order valence-electron chi connectivity index (χ2n) is 17.4. The van der Waals surface area contributed by atoms with Gasteiger partial charge in [-0.25, -0.2) is 9.78 Å². The van der Waals surface area contributed by atoms with Gasteiger partial charge in [0.05, 0.1) is 24.2 Å². The molecule has 6 rings (SSSR count). The van der Waals surface area contributed by atoms with Crippen molar-refractivity contribution in [1.29, 1.82) is 0 Å². The van der Waals surface area contributed by atoms with E-state index in [1.54, 1.807) is 32.9 Å². The number of aliphatic hydroxyl groups excluding tert-OH is 1. The van der Waals surface area contributed by atoms with Gasteiger partial charge in [0, 0.05) is 36.9 Å². The summed E-state index contributed by atoms with van der Waals surface area (Å²) >= 11 is 0. The Kier molecular flexibility index (Phi) is 14.4. The molecule has 2 aromatic carbocycles. The number of rotatable bonds is 15. The molecule has 6 N–H and O–H groups in total. The first-order valence-corrected chi connectivity index (χ1v) is 21.1. The number of hydrogen-bond acceptors (Lipinski definition) is 10. The van der Waals surface area contributed by atoms with E-state index in [2.05, 4.69) is 36.6 Å². The highest BCUT2D eigenvalue weighted by Gasteiger charge is 2.45. The fourth-order valence-electron chi connectivity index (χ4n) is 8.08. The van der Waals surface area contributed by atoms with Crippen molar-refractivity contribution < 1.29 is 38.6 Å². The molecule has 1 unspecified atom stereocenters. The standard InChI is InChI=1S/C44H58N8O8/c1-5-12-31(36(53)41(57)47-28-19-20-28)48-38(54)30-24-52(43(59)60-34-18-11-16-26-13-9-10-17-29(26)34)25-33(30)49-42(58)37(44(2,3)4)51-40(56)35(27-14-7-6-8-15-27)50-39(55)32-23-45-21-22-46-32/h9-11,13,16-18,21-23,27-28,30-31,33,35-37,53H,5-8,12,14-15,19-20,24-25H2,1-4H3,(H,47,57)(H,48,54)(H,49,58)(H,50,55)(H,51,56)/t30-,31+,33+,35+,36?,37-/m1/s1. The molecular weight excluding hydrogens is 769 g/mol. The van der Waals surface area contributed by atoms with E-state index < -0.39 is 77.2 Å². The topological polar surface area (TPSA) is 221 Å². The molecule has 16 heteroatoms. The predicted molar refractivity (Wildman–Crippen MR) is 222 cm³/mol. The Labute approximate surface area is 350 Å². The highest BCUT2D eigenvalue weighted by Crippen LogP contribution is 2.30. The van der Waals surface area contributed by atoms with Gasteiger partial charge in [-0.05, 0) is 54.9 Å². The summed E-state index contributed by atoms with van der Waals surface area (Å²) in [6.07, 6.45) is 8.66. The quantitative estimate of drug-likeness (QED) is 0.131. The molecule has 6 atom stereocenters. The number of fused-ring (bicyclic) bond motifs is 1. The Balaban J connectivity index is 1.22. The predicted octanol–water partition coefficient (Wildman–Crippen LogP) is 3.38. The van der Waals surface area contributed by atoms with Crippen LogP contribution in [-0.2, 0) is 19.2 Å². The third kappa shape index (κ3) is 11.1. The SMILES string of the molecule is CCC[C@H](NC(=O)[C@@H]1CN(C(=O)Oc2cccc3ccccc23)C[C@@H]1NC(=O)[C@@H](NC(=O)[C@@H](NC(=O)c1cnccn1)C1CCCCC1)C(C)(C)C)C(O)C(=O)NC1CC1. The summed E-state index contributed by atoms with van der Waals surface area (Å²) in [7, 11) is 0. The maximum atomic E-state index is 14.4. The molecule has 0 radical (unpaired) electrons. The Morgan fingerprint density at radius 1 is 0.850 bits per heavy atom. The van der Waals surface area contributed by atoms with Gasteiger partial charge in [0.25, 0.3) is 11.8 Å². The number of carbonyl (C=O) groups excluding carboxylic acids is 6. The molecular formula is C44H58N8O8. The van der Waals surface area contributed by atoms with E-state index in [1.807, 2.05) is 37.3 Å². The number of hydrogen-bond donors (Lipinski definition) is 6. The Morgan fingerprint density at radius 3 is 2.27 bits per heavy atom. The fraction of sp³-hybridized carbons (Fsp3) is 0.545. The number of ether oxygens (including phenoxy) is 1. The van der Waals surface area contributed by atoms with Gasteiger partial charge >= 0.3 is 6.09 Å². The number of carbonyl (C=O) groups is 6. The summed E-state index contributed by atoms with van der Waals surface area (Å²) in [4.78, 5) is 92.2. The van der Waals surface area contributed by atoms with Gasteiger partial charge in [-0.2, -0.15) is 0 Å². The van der Waals surface area contributed by atoms with Gasteiger partial charge in [-0.3, -0.25) is 29.0 Å². The van der Waals surface area contributed by atoms with Crippen LogP contribution in [0.2, 0.25) is 0 Å². The molecule has 1 aliphatic heterocycles. The second kappa shape index (κ2) is 19.6. The van der Waals surface area contributed by atoms with Crippen molar-refractivity contribution in [1.82, 2.24) is 41.5 Å². The van der Waals surface area contributed by atoms with Gasteiger partial charge in [0.1, 0.15) is 23.5 Å². The van der Waals surface area contributed by atoms with Crippen molar-refractivity contribution in [3.8, 4) is 5.75 Å². The van der Waals surface area contributed by atoms with Crippen molar-refractivity contribution in [3.63, 3.8) is 0 Å². The first-order chi connectivity index (χ1) is 28.7.